The fourth-order valence-electron chi connectivity index (χ4n) is 2.81. The monoisotopic (exact) mass is 365 g/mol. The van der Waals surface area contributed by atoms with Gasteiger partial charge in [-0.05, 0) is 24.1 Å². The molecule has 1 aromatic rings. The quantitative estimate of drug-likeness (QED) is 0.436. The highest BCUT2D eigenvalue weighted by Crippen LogP contribution is 2.21. The summed E-state index contributed by atoms with van der Waals surface area (Å²) in [6, 6.07) is 8.24. The van der Waals surface area contributed by atoms with Gasteiger partial charge in [-0.2, -0.15) is 11.8 Å². The van der Waals surface area contributed by atoms with Gasteiger partial charge >= 0.3 is 0 Å². The highest BCUT2D eigenvalue weighted by molar-refractivity contribution is 8.00. The van der Waals surface area contributed by atoms with Gasteiger partial charge in [0, 0.05) is 57.8 Å². The summed E-state index contributed by atoms with van der Waals surface area (Å²) in [5.41, 5.74) is 1.20. The molecule has 1 unspecified atom stereocenters. The number of nitrogens with zero attached hydrogens (tertiary/aromatic N) is 2. The van der Waals surface area contributed by atoms with Gasteiger partial charge in [-0.15, -0.1) is 0 Å². The topological polar surface area (TPSA) is 46.1 Å². The molecule has 0 spiro atoms. The van der Waals surface area contributed by atoms with Gasteiger partial charge in [-0.1, -0.05) is 19.1 Å². The Hall–Kier alpha value is -1.40. The largest absolute Gasteiger partial charge is 0.493 e. The molecular formula is C19H31N3O2S. The van der Waals surface area contributed by atoms with Crippen LogP contribution in [-0.2, 0) is 11.3 Å². The van der Waals surface area contributed by atoms with E-state index in [1.807, 2.05) is 19.2 Å². The number of hydrogen-bond acceptors (Lipinski definition) is 4. The first-order chi connectivity index (χ1) is 12.3. The predicted molar refractivity (Wildman–Crippen MR) is 107 cm³/mol. The van der Waals surface area contributed by atoms with Crippen LogP contribution in [0.3, 0.4) is 0 Å². The molecule has 0 saturated carbocycles. The Balaban J connectivity index is 1.84. The molecule has 1 N–H and O–H groups in total. The second-order valence-corrected chi connectivity index (χ2v) is 7.50. The minimum absolute atomic E-state index is 0.677. The number of ether oxygens (including phenoxy) is 2. The van der Waals surface area contributed by atoms with Crippen LogP contribution in [0.15, 0.2) is 29.3 Å². The first kappa shape index (κ1) is 19.9. The van der Waals surface area contributed by atoms with Gasteiger partial charge in [0.2, 0.25) is 0 Å². The zero-order chi connectivity index (χ0) is 17.9. The lowest BCUT2D eigenvalue weighted by atomic mass is 10.2. The molecule has 1 aliphatic rings. The van der Waals surface area contributed by atoms with E-state index in [1.54, 1.807) is 7.11 Å². The van der Waals surface area contributed by atoms with Crippen LogP contribution in [0.4, 0.5) is 0 Å². The summed E-state index contributed by atoms with van der Waals surface area (Å²) in [6.07, 6.45) is 2.11. The molecule has 0 aromatic heterocycles. The average Bonchev–Trinajstić information content (AvgIpc) is 2.66. The van der Waals surface area contributed by atoms with E-state index in [0.717, 1.165) is 44.4 Å². The van der Waals surface area contributed by atoms with Crippen molar-refractivity contribution < 1.29 is 9.47 Å². The Kier molecular flexibility index (Phi) is 8.97. The lowest BCUT2D eigenvalue weighted by Crippen LogP contribution is -2.47. The summed E-state index contributed by atoms with van der Waals surface area (Å²) < 4.78 is 10.8. The normalized spacial score (nSPS) is 18.3. The standard InChI is InChI=1S/C19H31N3O2S/c1-4-18-15-22(9-12-25-18)19(20-2)21-14-16-7-5-8-17(13-16)24-11-6-10-23-3/h5,7-8,13,18H,4,6,9-12,14-15H2,1-3H3,(H,20,21). The molecule has 140 valence electrons. The fraction of sp³-hybridized carbons (Fsp3) is 0.632. The summed E-state index contributed by atoms with van der Waals surface area (Å²) in [5, 5.41) is 4.20. The third-order valence-corrected chi connectivity index (χ3v) is 5.59. The number of guanidine groups is 1. The predicted octanol–water partition coefficient (Wildman–Crippen LogP) is 3.00. The van der Waals surface area contributed by atoms with Crippen LogP contribution in [0.2, 0.25) is 0 Å². The van der Waals surface area contributed by atoms with E-state index in [0.29, 0.717) is 11.9 Å². The maximum Gasteiger partial charge on any atom is 0.193 e. The molecule has 1 aliphatic heterocycles. The number of rotatable bonds is 8. The van der Waals surface area contributed by atoms with Crippen LogP contribution in [0, 0.1) is 0 Å². The Bertz CT molecular complexity index is 539. The van der Waals surface area contributed by atoms with Crippen LogP contribution in [0.5, 0.6) is 5.75 Å². The van der Waals surface area contributed by atoms with Crippen LogP contribution in [-0.4, -0.2) is 62.3 Å². The Morgan fingerprint density at radius 3 is 3.04 bits per heavy atom. The summed E-state index contributed by atoms with van der Waals surface area (Å²) in [6.45, 7) is 6.55. The van der Waals surface area contributed by atoms with Crippen LogP contribution in [0.1, 0.15) is 25.3 Å². The number of thioether (sulfide) groups is 1. The van der Waals surface area contributed by atoms with Gasteiger partial charge in [0.25, 0.3) is 0 Å². The van der Waals surface area contributed by atoms with Crippen molar-refractivity contribution in [3.8, 4) is 5.75 Å². The molecule has 0 amide bonds. The van der Waals surface area contributed by atoms with Crippen LogP contribution >= 0.6 is 11.8 Å². The van der Waals surface area contributed by atoms with Crippen molar-refractivity contribution in [2.45, 2.75) is 31.6 Å². The molecule has 1 saturated heterocycles. The summed E-state index contributed by atoms with van der Waals surface area (Å²) in [5.74, 6) is 3.07. The highest BCUT2D eigenvalue weighted by Gasteiger charge is 2.21. The van der Waals surface area contributed by atoms with Gasteiger partial charge in [0.15, 0.2) is 5.96 Å². The molecule has 0 aliphatic carbocycles. The lowest BCUT2D eigenvalue weighted by molar-refractivity contribution is 0.172. The summed E-state index contributed by atoms with van der Waals surface area (Å²) >= 11 is 2.07. The Morgan fingerprint density at radius 2 is 2.28 bits per heavy atom. The van der Waals surface area contributed by atoms with E-state index in [9.17, 15) is 0 Å². The van der Waals surface area contributed by atoms with Crippen molar-refractivity contribution in [3.05, 3.63) is 29.8 Å². The van der Waals surface area contributed by atoms with Gasteiger partial charge in [0.05, 0.1) is 6.61 Å². The zero-order valence-electron chi connectivity index (χ0n) is 15.7. The third kappa shape index (κ3) is 6.78. The van der Waals surface area contributed by atoms with E-state index in [1.165, 1.54) is 17.7 Å². The zero-order valence-corrected chi connectivity index (χ0v) is 16.5. The van der Waals surface area contributed by atoms with E-state index in [2.05, 4.69) is 46.0 Å². The van der Waals surface area contributed by atoms with E-state index in [-0.39, 0.29) is 0 Å². The molecule has 5 nitrogen and oxygen atoms in total. The molecule has 0 radical (unpaired) electrons. The van der Waals surface area contributed by atoms with E-state index in [4.69, 9.17) is 9.47 Å². The van der Waals surface area contributed by atoms with Crippen LogP contribution < -0.4 is 10.1 Å². The smallest absolute Gasteiger partial charge is 0.193 e. The Morgan fingerprint density at radius 1 is 1.40 bits per heavy atom. The molecule has 1 heterocycles. The van der Waals surface area contributed by atoms with Crippen molar-refractivity contribution in [1.82, 2.24) is 10.2 Å². The maximum atomic E-state index is 5.78. The number of nitrogens with one attached hydrogen (secondary N) is 1. The summed E-state index contributed by atoms with van der Waals surface area (Å²) in [4.78, 5) is 6.84. The fourth-order valence-corrected chi connectivity index (χ4v) is 3.99. The van der Waals surface area contributed by atoms with E-state index >= 15 is 0 Å². The number of hydrogen-bond donors (Lipinski definition) is 1. The van der Waals surface area contributed by atoms with Crippen molar-refractivity contribution in [2.24, 2.45) is 4.99 Å². The molecule has 2 rings (SSSR count). The maximum absolute atomic E-state index is 5.78. The number of benzene rings is 1. The van der Waals surface area contributed by atoms with Gasteiger partial charge in [-0.25, -0.2) is 0 Å². The van der Waals surface area contributed by atoms with Gasteiger partial charge < -0.3 is 19.7 Å². The SMILES string of the molecule is CCC1CN(C(=NC)NCc2cccc(OCCCOC)c2)CCS1. The highest BCUT2D eigenvalue weighted by atomic mass is 32.2. The first-order valence-corrected chi connectivity index (χ1v) is 10.1. The third-order valence-electron chi connectivity index (χ3n) is 4.22. The first-order valence-electron chi connectivity index (χ1n) is 9.04. The van der Waals surface area contributed by atoms with Crippen molar-refractivity contribution in [2.75, 3.05) is 46.2 Å². The average molecular weight is 366 g/mol. The minimum Gasteiger partial charge on any atom is -0.493 e. The molecule has 1 fully saturated rings. The second-order valence-electron chi connectivity index (χ2n) is 6.09. The molecule has 25 heavy (non-hydrogen) atoms. The van der Waals surface area contributed by atoms with Crippen LogP contribution in [0.25, 0.3) is 0 Å². The molecule has 0 bridgehead atoms. The van der Waals surface area contributed by atoms with Gasteiger partial charge in [0.1, 0.15) is 5.75 Å². The summed E-state index contributed by atoms with van der Waals surface area (Å²) in [7, 11) is 3.57. The number of aliphatic imine (C=N–C) groups is 1. The second kappa shape index (κ2) is 11.3. The number of methoxy groups -OCH3 is 1. The Labute approximate surface area is 156 Å². The van der Waals surface area contributed by atoms with E-state index < -0.39 is 0 Å². The molecule has 6 heteroatoms. The molecule has 1 aromatic carbocycles. The van der Waals surface area contributed by atoms with Crippen molar-refractivity contribution in [3.63, 3.8) is 0 Å². The van der Waals surface area contributed by atoms with Crippen molar-refractivity contribution >= 4 is 17.7 Å². The molecule has 1 atom stereocenters. The van der Waals surface area contributed by atoms with Crippen molar-refractivity contribution in [1.29, 1.82) is 0 Å². The van der Waals surface area contributed by atoms with Gasteiger partial charge in [-0.3, -0.25) is 4.99 Å². The minimum atomic E-state index is 0.677. The lowest BCUT2D eigenvalue weighted by Gasteiger charge is -2.34. The molecular weight excluding hydrogens is 334 g/mol.